The summed E-state index contributed by atoms with van der Waals surface area (Å²) < 4.78 is 5.33. The van der Waals surface area contributed by atoms with Crippen molar-refractivity contribution in [2.24, 2.45) is 0 Å². The zero-order valence-electron chi connectivity index (χ0n) is 8.51. The number of rotatable bonds is 1. The van der Waals surface area contributed by atoms with Gasteiger partial charge in [-0.1, -0.05) is 0 Å². The van der Waals surface area contributed by atoms with Crippen LogP contribution in [-0.4, -0.2) is 39.4 Å². The molecule has 1 aliphatic heterocycles. The number of carboxylic acid groups (broad SMARTS) is 1. The van der Waals surface area contributed by atoms with Crippen molar-refractivity contribution in [1.29, 1.82) is 0 Å². The first-order chi connectivity index (χ1) is 7.16. The van der Waals surface area contributed by atoms with Gasteiger partial charge in [-0.2, -0.15) is 0 Å². The molecule has 1 aromatic rings. The van der Waals surface area contributed by atoms with Gasteiger partial charge < -0.3 is 14.4 Å². The highest BCUT2D eigenvalue weighted by atomic mass is 16.4. The van der Waals surface area contributed by atoms with Crippen molar-refractivity contribution in [2.45, 2.75) is 25.7 Å². The van der Waals surface area contributed by atoms with E-state index in [4.69, 9.17) is 9.52 Å². The van der Waals surface area contributed by atoms with Crippen LogP contribution in [0.5, 0.6) is 0 Å². The van der Waals surface area contributed by atoms with Crippen molar-refractivity contribution in [3.8, 4) is 0 Å². The number of likely N-dealkylation sites (tertiary alicyclic amines) is 1. The van der Waals surface area contributed by atoms with Crippen LogP contribution in [-0.2, 0) is 0 Å². The predicted molar refractivity (Wildman–Crippen MR) is 50.6 cm³/mol. The molecule has 82 valence electrons. The van der Waals surface area contributed by atoms with Crippen molar-refractivity contribution in [2.75, 3.05) is 13.1 Å². The van der Waals surface area contributed by atoms with Crippen molar-refractivity contribution in [3.05, 3.63) is 11.8 Å². The predicted octanol–water partition coefficient (Wildman–Crippen LogP) is 1.24. The second-order valence-electron chi connectivity index (χ2n) is 3.70. The van der Waals surface area contributed by atoms with Gasteiger partial charge in [-0.15, -0.1) is 10.2 Å². The third-order valence-corrected chi connectivity index (χ3v) is 2.66. The Balaban J connectivity index is 1.96. The average Bonchev–Trinajstić information content (AvgIpc) is 2.65. The number of hydrogen-bond donors (Lipinski definition) is 1. The van der Waals surface area contributed by atoms with Crippen molar-refractivity contribution < 1.29 is 14.3 Å². The van der Waals surface area contributed by atoms with E-state index in [0.29, 0.717) is 24.9 Å². The van der Waals surface area contributed by atoms with E-state index < -0.39 is 6.09 Å². The molecule has 0 atom stereocenters. The van der Waals surface area contributed by atoms with Crippen molar-refractivity contribution in [3.63, 3.8) is 0 Å². The minimum absolute atomic E-state index is 0.210. The number of carbonyl (C=O) groups is 1. The van der Waals surface area contributed by atoms with Gasteiger partial charge >= 0.3 is 6.09 Å². The summed E-state index contributed by atoms with van der Waals surface area (Å²) in [7, 11) is 0. The first kappa shape index (κ1) is 9.95. The molecule has 1 fully saturated rings. The summed E-state index contributed by atoms with van der Waals surface area (Å²) in [5.41, 5.74) is 0. The molecular formula is C9H13N3O3. The van der Waals surface area contributed by atoms with Gasteiger partial charge in [-0.25, -0.2) is 4.79 Å². The first-order valence-corrected chi connectivity index (χ1v) is 4.94. The van der Waals surface area contributed by atoms with Crippen LogP contribution in [0.25, 0.3) is 0 Å². The Morgan fingerprint density at radius 2 is 2.13 bits per heavy atom. The molecule has 0 radical (unpaired) electrons. The third-order valence-electron chi connectivity index (χ3n) is 2.66. The Morgan fingerprint density at radius 3 is 2.60 bits per heavy atom. The van der Waals surface area contributed by atoms with Crippen LogP contribution in [0.15, 0.2) is 4.42 Å². The Morgan fingerprint density at radius 1 is 1.47 bits per heavy atom. The van der Waals surface area contributed by atoms with Gasteiger partial charge in [0.25, 0.3) is 0 Å². The fourth-order valence-electron chi connectivity index (χ4n) is 1.79. The normalized spacial score (nSPS) is 18.1. The number of aromatic nitrogens is 2. The van der Waals surface area contributed by atoms with Crippen LogP contribution in [0.3, 0.4) is 0 Å². The van der Waals surface area contributed by atoms with Gasteiger partial charge in [-0.05, 0) is 12.8 Å². The van der Waals surface area contributed by atoms with Crippen LogP contribution < -0.4 is 0 Å². The maximum absolute atomic E-state index is 10.7. The summed E-state index contributed by atoms with van der Waals surface area (Å²) in [5.74, 6) is 1.41. The van der Waals surface area contributed by atoms with Crippen LogP contribution >= 0.6 is 0 Å². The molecule has 1 amide bonds. The maximum Gasteiger partial charge on any atom is 0.407 e. The van der Waals surface area contributed by atoms with E-state index in [1.165, 1.54) is 4.90 Å². The molecule has 1 saturated heterocycles. The molecule has 0 spiro atoms. The van der Waals surface area contributed by atoms with E-state index in [0.717, 1.165) is 12.8 Å². The van der Waals surface area contributed by atoms with Gasteiger partial charge in [-0.3, -0.25) is 0 Å². The lowest BCUT2D eigenvalue weighted by Gasteiger charge is -2.27. The summed E-state index contributed by atoms with van der Waals surface area (Å²) >= 11 is 0. The van der Waals surface area contributed by atoms with Gasteiger partial charge in [0.05, 0.1) is 0 Å². The summed E-state index contributed by atoms with van der Waals surface area (Å²) in [4.78, 5) is 12.1. The number of amides is 1. The lowest BCUT2D eigenvalue weighted by atomic mass is 9.97. The molecular weight excluding hydrogens is 198 g/mol. The Bertz CT molecular complexity index is 355. The summed E-state index contributed by atoms with van der Waals surface area (Å²) in [6.45, 7) is 2.84. The number of aryl methyl sites for hydroxylation is 1. The first-order valence-electron chi connectivity index (χ1n) is 4.94. The Hall–Kier alpha value is -1.59. The van der Waals surface area contributed by atoms with Gasteiger partial charge in [0.15, 0.2) is 0 Å². The lowest BCUT2D eigenvalue weighted by Crippen LogP contribution is -2.36. The molecule has 2 rings (SSSR count). The fourth-order valence-corrected chi connectivity index (χ4v) is 1.79. The van der Waals surface area contributed by atoms with Crippen LogP contribution in [0.2, 0.25) is 0 Å². The monoisotopic (exact) mass is 211 g/mol. The van der Waals surface area contributed by atoms with E-state index in [1.54, 1.807) is 6.92 Å². The second kappa shape index (κ2) is 3.88. The molecule has 6 heteroatoms. The summed E-state index contributed by atoms with van der Waals surface area (Å²) in [6.07, 6.45) is 0.664. The second-order valence-corrected chi connectivity index (χ2v) is 3.70. The topological polar surface area (TPSA) is 79.5 Å². The molecule has 0 bridgehead atoms. The SMILES string of the molecule is Cc1nnc(C2CCN(C(=O)O)CC2)o1. The molecule has 1 aromatic heterocycles. The Kier molecular flexibility index (Phi) is 2.57. The highest BCUT2D eigenvalue weighted by Crippen LogP contribution is 2.26. The van der Waals surface area contributed by atoms with Crippen molar-refractivity contribution in [1.82, 2.24) is 15.1 Å². The molecule has 1 N–H and O–H groups in total. The standard InChI is InChI=1S/C9H13N3O3/c1-6-10-11-8(15-6)7-2-4-12(5-3-7)9(13)14/h7H,2-5H2,1H3,(H,13,14). The highest BCUT2D eigenvalue weighted by molar-refractivity contribution is 5.65. The fraction of sp³-hybridized carbons (Fsp3) is 0.667. The van der Waals surface area contributed by atoms with Gasteiger partial charge in [0.1, 0.15) is 0 Å². The molecule has 1 aliphatic rings. The van der Waals surface area contributed by atoms with Crippen LogP contribution in [0.4, 0.5) is 4.79 Å². The molecule has 0 aromatic carbocycles. The third kappa shape index (κ3) is 2.08. The number of piperidine rings is 1. The van der Waals surface area contributed by atoms with E-state index in [2.05, 4.69) is 10.2 Å². The summed E-state index contributed by atoms with van der Waals surface area (Å²) in [5, 5.41) is 16.5. The van der Waals surface area contributed by atoms with Crippen LogP contribution in [0, 0.1) is 6.92 Å². The average molecular weight is 211 g/mol. The van der Waals surface area contributed by atoms with Crippen LogP contribution in [0.1, 0.15) is 30.5 Å². The maximum atomic E-state index is 10.7. The molecule has 0 aliphatic carbocycles. The largest absolute Gasteiger partial charge is 0.465 e. The Labute approximate surface area is 86.9 Å². The molecule has 0 saturated carbocycles. The smallest absolute Gasteiger partial charge is 0.407 e. The van der Waals surface area contributed by atoms with Gasteiger partial charge in [0, 0.05) is 25.9 Å². The zero-order valence-corrected chi connectivity index (χ0v) is 8.51. The minimum atomic E-state index is -0.852. The molecule has 15 heavy (non-hydrogen) atoms. The molecule has 6 nitrogen and oxygen atoms in total. The minimum Gasteiger partial charge on any atom is -0.465 e. The van der Waals surface area contributed by atoms with E-state index in [9.17, 15) is 4.79 Å². The molecule has 0 unspecified atom stereocenters. The van der Waals surface area contributed by atoms with E-state index >= 15 is 0 Å². The summed E-state index contributed by atoms with van der Waals surface area (Å²) in [6, 6.07) is 0. The van der Waals surface area contributed by atoms with E-state index in [-0.39, 0.29) is 5.92 Å². The molecule has 2 heterocycles. The lowest BCUT2D eigenvalue weighted by molar-refractivity contribution is 0.129. The quantitative estimate of drug-likeness (QED) is 0.755. The van der Waals surface area contributed by atoms with Crippen molar-refractivity contribution >= 4 is 6.09 Å². The van der Waals surface area contributed by atoms with Gasteiger partial charge in [0.2, 0.25) is 11.8 Å². The number of hydrogen-bond acceptors (Lipinski definition) is 4. The zero-order chi connectivity index (χ0) is 10.8. The van der Waals surface area contributed by atoms with E-state index in [1.807, 2.05) is 0 Å². The highest BCUT2D eigenvalue weighted by Gasteiger charge is 2.26. The number of nitrogens with zero attached hydrogens (tertiary/aromatic N) is 3.